The molecule has 1 atom stereocenters. The van der Waals surface area contributed by atoms with Crippen LogP contribution in [0.25, 0.3) is 0 Å². The number of methoxy groups -OCH3 is 1. The van der Waals surface area contributed by atoms with Crippen LogP contribution in [0.3, 0.4) is 0 Å². The van der Waals surface area contributed by atoms with Gasteiger partial charge in [-0.25, -0.2) is 0 Å². The van der Waals surface area contributed by atoms with Crippen molar-refractivity contribution >= 4 is 17.4 Å². The Labute approximate surface area is 106 Å². The molecule has 4 heteroatoms. The molecule has 0 radical (unpaired) electrons. The number of ketones is 1. The van der Waals surface area contributed by atoms with Gasteiger partial charge in [0.2, 0.25) is 0 Å². The van der Waals surface area contributed by atoms with E-state index in [2.05, 4.69) is 0 Å². The quantitative estimate of drug-likeness (QED) is 0.826. The Bertz CT molecular complexity index is 463. The number of benzene rings is 1. The molecular weight excluding hydrogens is 238 g/mol. The van der Waals surface area contributed by atoms with Gasteiger partial charge in [0.05, 0.1) is 13.2 Å². The maximum Gasteiger partial charge on any atom is 0.157 e. The standard InChI is InChI=1S/C13H14ClNO2/c1-8(2)13(16)11(7-15)10-6-9(14)4-5-12(10)17-3/h4-6,8,11H,1-3H3. The summed E-state index contributed by atoms with van der Waals surface area (Å²) in [6.45, 7) is 3.54. The number of hydrogen-bond donors (Lipinski definition) is 0. The van der Waals surface area contributed by atoms with Gasteiger partial charge in [-0.05, 0) is 18.2 Å². The van der Waals surface area contributed by atoms with E-state index in [9.17, 15) is 4.79 Å². The average molecular weight is 252 g/mol. The Morgan fingerprint density at radius 1 is 1.47 bits per heavy atom. The molecule has 1 aromatic carbocycles. The minimum absolute atomic E-state index is 0.131. The highest BCUT2D eigenvalue weighted by molar-refractivity contribution is 6.30. The van der Waals surface area contributed by atoms with E-state index in [-0.39, 0.29) is 11.7 Å². The molecule has 0 spiro atoms. The minimum atomic E-state index is -0.830. The Morgan fingerprint density at radius 3 is 2.59 bits per heavy atom. The molecule has 0 aliphatic rings. The summed E-state index contributed by atoms with van der Waals surface area (Å²) < 4.78 is 5.15. The van der Waals surface area contributed by atoms with Gasteiger partial charge in [-0.1, -0.05) is 25.4 Å². The summed E-state index contributed by atoms with van der Waals surface area (Å²) in [7, 11) is 1.50. The predicted octanol–water partition coefficient (Wildman–Crippen LogP) is 3.18. The van der Waals surface area contributed by atoms with E-state index in [0.717, 1.165) is 0 Å². The molecule has 0 aliphatic heterocycles. The number of hydrogen-bond acceptors (Lipinski definition) is 3. The average Bonchev–Trinajstić information content (AvgIpc) is 2.30. The second kappa shape index (κ2) is 5.70. The second-order valence-electron chi connectivity index (χ2n) is 4.01. The molecule has 0 bridgehead atoms. The summed E-state index contributed by atoms with van der Waals surface area (Å²) in [6.07, 6.45) is 0. The summed E-state index contributed by atoms with van der Waals surface area (Å²) in [5.41, 5.74) is 0.529. The van der Waals surface area contributed by atoms with Gasteiger partial charge >= 0.3 is 0 Å². The molecule has 0 aliphatic carbocycles. The molecule has 0 aromatic heterocycles. The van der Waals surface area contributed by atoms with Crippen molar-refractivity contribution in [2.24, 2.45) is 5.92 Å². The molecular formula is C13H14ClNO2. The lowest BCUT2D eigenvalue weighted by atomic mass is 9.89. The molecule has 0 amide bonds. The Balaban J connectivity index is 3.25. The van der Waals surface area contributed by atoms with Crippen LogP contribution in [-0.4, -0.2) is 12.9 Å². The molecule has 17 heavy (non-hydrogen) atoms. The number of carbonyl (C=O) groups is 1. The molecule has 1 aromatic rings. The van der Waals surface area contributed by atoms with Crippen LogP contribution in [-0.2, 0) is 4.79 Å². The zero-order valence-electron chi connectivity index (χ0n) is 10.0. The van der Waals surface area contributed by atoms with Crippen molar-refractivity contribution in [2.45, 2.75) is 19.8 Å². The van der Waals surface area contributed by atoms with E-state index in [1.807, 2.05) is 6.07 Å². The first-order valence-electron chi connectivity index (χ1n) is 5.28. The highest BCUT2D eigenvalue weighted by Gasteiger charge is 2.25. The van der Waals surface area contributed by atoms with Gasteiger partial charge in [-0.3, -0.25) is 4.79 Å². The summed E-state index contributed by atoms with van der Waals surface area (Å²) in [5.74, 6) is -0.657. The number of rotatable bonds is 4. The molecule has 0 saturated carbocycles. The second-order valence-corrected chi connectivity index (χ2v) is 4.44. The molecule has 1 unspecified atom stereocenters. The Morgan fingerprint density at radius 2 is 2.12 bits per heavy atom. The summed E-state index contributed by atoms with van der Waals surface area (Å²) >= 11 is 5.88. The van der Waals surface area contributed by atoms with Crippen LogP contribution in [0, 0.1) is 17.2 Å². The highest BCUT2D eigenvalue weighted by Crippen LogP contribution is 2.31. The molecule has 1 rings (SSSR count). The summed E-state index contributed by atoms with van der Waals surface area (Å²) in [4.78, 5) is 11.9. The highest BCUT2D eigenvalue weighted by atomic mass is 35.5. The fourth-order valence-corrected chi connectivity index (χ4v) is 1.73. The minimum Gasteiger partial charge on any atom is -0.496 e. The van der Waals surface area contributed by atoms with Gasteiger partial charge in [0.1, 0.15) is 11.7 Å². The molecule has 0 N–H and O–H groups in total. The van der Waals surface area contributed by atoms with Crippen LogP contribution >= 0.6 is 11.6 Å². The molecule has 0 fully saturated rings. The Kier molecular flexibility index (Phi) is 4.53. The van der Waals surface area contributed by atoms with Crippen LogP contribution in [0.1, 0.15) is 25.3 Å². The molecule has 0 saturated heterocycles. The van der Waals surface area contributed by atoms with Crippen LogP contribution in [0.5, 0.6) is 5.75 Å². The number of carbonyl (C=O) groups excluding carboxylic acids is 1. The van der Waals surface area contributed by atoms with E-state index in [1.54, 1.807) is 32.0 Å². The SMILES string of the molecule is COc1ccc(Cl)cc1C(C#N)C(=O)C(C)C. The lowest BCUT2D eigenvalue weighted by Gasteiger charge is -2.14. The van der Waals surface area contributed by atoms with E-state index < -0.39 is 5.92 Å². The lowest BCUT2D eigenvalue weighted by Crippen LogP contribution is -2.17. The monoisotopic (exact) mass is 251 g/mol. The van der Waals surface area contributed by atoms with Gasteiger partial charge in [0, 0.05) is 16.5 Å². The van der Waals surface area contributed by atoms with E-state index in [0.29, 0.717) is 16.3 Å². The number of nitriles is 1. The Hall–Kier alpha value is -1.53. The van der Waals surface area contributed by atoms with Crippen LogP contribution in [0.15, 0.2) is 18.2 Å². The van der Waals surface area contributed by atoms with Crippen LogP contribution in [0.2, 0.25) is 5.02 Å². The van der Waals surface area contributed by atoms with Crippen molar-refractivity contribution in [2.75, 3.05) is 7.11 Å². The van der Waals surface area contributed by atoms with Crippen molar-refractivity contribution < 1.29 is 9.53 Å². The molecule has 90 valence electrons. The van der Waals surface area contributed by atoms with E-state index >= 15 is 0 Å². The fraction of sp³-hybridized carbons (Fsp3) is 0.385. The summed E-state index contributed by atoms with van der Waals surface area (Å²) in [5, 5.41) is 9.62. The van der Waals surface area contributed by atoms with Gasteiger partial charge in [0.25, 0.3) is 0 Å². The third kappa shape index (κ3) is 2.98. The fourth-order valence-electron chi connectivity index (χ4n) is 1.55. The van der Waals surface area contributed by atoms with Gasteiger partial charge in [0.15, 0.2) is 5.78 Å². The third-order valence-electron chi connectivity index (χ3n) is 2.49. The molecule has 3 nitrogen and oxygen atoms in total. The van der Waals surface area contributed by atoms with Crippen LogP contribution in [0.4, 0.5) is 0 Å². The van der Waals surface area contributed by atoms with Crippen molar-refractivity contribution in [3.63, 3.8) is 0 Å². The number of ether oxygens (including phenoxy) is 1. The zero-order chi connectivity index (χ0) is 13.0. The first kappa shape index (κ1) is 13.5. The first-order chi connectivity index (χ1) is 8.01. The smallest absolute Gasteiger partial charge is 0.157 e. The first-order valence-corrected chi connectivity index (χ1v) is 5.65. The number of nitrogens with zero attached hydrogens (tertiary/aromatic N) is 1. The predicted molar refractivity (Wildman–Crippen MR) is 66.2 cm³/mol. The van der Waals surface area contributed by atoms with Gasteiger partial charge in [-0.15, -0.1) is 0 Å². The third-order valence-corrected chi connectivity index (χ3v) is 2.72. The van der Waals surface area contributed by atoms with Gasteiger partial charge in [-0.2, -0.15) is 5.26 Å². The zero-order valence-corrected chi connectivity index (χ0v) is 10.8. The summed E-state index contributed by atoms with van der Waals surface area (Å²) in [6, 6.07) is 6.95. The van der Waals surface area contributed by atoms with Crippen LogP contribution < -0.4 is 4.74 Å². The van der Waals surface area contributed by atoms with Crippen molar-refractivity contribution in [3.05, 3.63) is 28.8 Å². The number of halogens is 1. The van der Waals surface area contributed by atoms with E-state index in [1.165, 1.54) is 7.11 Å². The normalized spacial score (nSPS) is 12.0. The largest absolute Gasteiger partial charge is 0.496 e. The van der Waals surface area contributed by atoms with Crippen molar-refractivity contribution in [3.8, 4) is 11.8 Å². The van der Waals surface area contributed by atoms with E-state index in [4.69, 9.17) is 21.6 Å². The van der Waals surface area contributed by atoms with Crippen molar-refractivity contribution in [1.82, 2.24) is 0 Å². The maximum absolute atomic E-state index is 11.9. The van der Waals surface area contributed by atoms with Crippen molar-refractivity contribution in [1.29, 1.82) is 5.26 Å². The molecule has 0 heterocycles. The number of Topliss-reactive ketones (excluding diaryl/α,β-unsaturated/α-hetero) is 1. The topological polar surface area (TPSA) is 50.1 Å². The maximum atomic E-state index is 11.9. The van der Waals surface area contributed by atoms with Gasteiger partial charge < -0.3 is 4.74 Å². The lowest BCUT2D eigenvalue weighted by molar-refractivity contribution is -0.122.